The molecule has 0 saturated heterocycles. The molecule has 1 atom stereocenters. The molecule has 0 rings (SSSR count). The molecule has 0 N–H and O–H groups in total. The summed E-state index contributed by atoms with van der Waals surface area (Å²) in [7, 11) is 1.39. The third-order valence-electron chi connectivity index (χ3n) is 3.38. The lowest BCUT2D eigenvalue weighted by Crippen LogP contribution is -2.18. The second kappa shape index (κ2) is 15.4. The van der Waals surface area contributed by atoms with Gasteiger partial charge in [-0.25, -0.2) is 0 Å². The summed E-state index contributed by atoms with van der Waals surface area (Å²) in [6, 6.07) is 0. The molecule has 142 valence electrons. The van der Waals surface area contributed by atoms with Gasteiger partial charge >= 0.3 is 11.9 Å². The molecule has 0 aliphatic carbocycles. The fourth-order valence-electron chi connectivity index (χ4n) is 2.04. The molecular formula is C18H34O6. The molecule has 6 nitrogen and oxygen atoms in total. The standard InChI is InChI=1S/C18H34O6/c1-15(2)22-13-9-10-14-23-16(3)24-18(20)12-8-6-5-7-11-17(19)21-4/h15-16H,5-14H2,1-4H3. The zero-order chi connectivity index (χ0) is 18.2. The number of ether oxygens (including phenoxy) is 4. The molecule has 1 unspecified atom stereocenters. The first kappa shape index (κ1) is 22.9. The van der Waals surface area contributed by atoms with Crippen LogP contribution in [0.5, 0.6) is 0 Å². The van der Waals surface area contributed by atoms with Crippen molar-refractivity contribution in [2.75, 3.05) is 20.3 Å². The lowest BCUT2D eigenvalue weighted by atomic mass is 10.1. The van der Waals surface area contributed by atoms with E-state index in [9.17, 15) is 9.59 Å². The smallest absolute Gasteiger partial charge is 0.308 e. The van der Waals surface area contributed by atoms with Crippen molar-refractivity contribution < 1.29 is 28.5 Å². The number of hydrogen-bond acceptors (Lipinski definition) is 6. The van der Waals surface area contributed by atoms with Crippen LogP contribution in [0.1, 0.15) is 72.1 Å². The maximum Gasteiger partial charge on any atom is 0.308 e. The first-order chi connectivity index (χ1) is 11.5. The Labute approximate surface area is 146 Å². The Kier molecular flexibility index (Phi) is 14.7. The van der Waals surface area contributed by atoms with Crippen molar-refractivity contribution in [3.63, 3.8) is 0 Å². The van der Waals surface area contributed by atoms with E-state index in [0.29, 0.717) is 19.4 Å². The van der Waals surface area contributed by atoms with Crippen molar-refractivity contribution in [1.29, 1.82) is 0 Å². The molecule has 0 fully saturated rings. The van der Waals surface area contributed by atoms with Crippen LogP contribution in [0.4, 0.5) is 0 Å². The van der Waals surface area contributed by atoms with Gasteiger partial charge in [0.05, 0.1) is 19.8 Å². The minimum Gasteiger partial charge on any atom is -0.469 e. The average Bonchev–Trinajstić information content (AvgIpc) is 2.53. The number of rotatable bonds is 15. The molecular weight excluding hydrogens is 312 g/mol. The lowest BCUT2D eigenvalue weighted by molar-refractivity contribution is -0.175. The number of unbranched alkanes of at least 4 members (excludes halogenated alkanes) is 4. The summed E-state index contributed by atoms with van der Waals surface area (Å²) in [5.41, 5.74) is 0. The first-order valence-corrected chi connectivity index (χ1v) is 8.95. The van der Waals surface area contributed by atoms with Gasteiger partial charge in [-0.15, -0.1) is 0 Å². The van der Waals surface area contributed by atoms with Gasteiger partial charge in [0.2, 0.25) is 0 Å². The Balaban J connectivity index is 3.44. The number of methoxy groups -OCH3 is 1. The predicted octanol–water partition coefficient (Wildman–Crippen LogP) is 3.61. The molecule has 24 heavy (non-hydrogen) atoms. The van der Waals surface area contributed by atoms with Gasteiger partial charge in [0.25, 0.3) is 0 Å². The molecule has 0 amide bonds. The van der Waals surface area contributed by atoms with Crippen molar-refractivity contribution in [1.82, 2.24) is 0 Å². The molecule has 0 bridgehead atoms. The van der Waals surface area contributed by atoms with Crippen LogP contribution in [-0.2, 0) is 28.5 Å². The van der Waals surface area contributed by atoms with Crippen LogP contribution in [0.2, 0.25) is 0 Å². The highest BCUT2D eigenvalue weighted by Crippen LogP contribution is 2.08. The molecule has 6 heteroatoms. The molecule has 0 aliphatic rings. The lowest BCUT2D eigenvalue weighted by Gasteiger charge is -2.14. The zero-order valence-corrected chi connectivity index (χ0v) is 15.7. The Morgan fingerprint density at radius 3 is 1.83 bits per heavy atom. The third kappa shape index (κ3) is 15.7. The number of carbonyl (C=O) groups excluding carboxylic acids is 2. The Morgan fingerprint density at radius 2 is 1.29 bits per heavy atom. The van der Waals surface area contributed by atoms with Crippen LogP contribution in [0.3, 0.4) is 0 Å². The van der Waals surface area contributed by atoms with E-state index in [4.69, 9.17) is 14.2 Å². The summed E-state index contributed by atoms with van der Waals surface area (Å²) >= 11 is 0. The molecule has 0 spiro atoms. The van der Waals surface area contributed by atoms with Crippen molar-refractivity contribution in [3.8, 4) is 0 Å². The largest absolute Gasteiger partial charge is 0.469 e. The van der Waals surface area contributed by atoms with Crippen LogP contribution >= 0.6 is 0 Å². The van der Waals surface area contributed by atoms with Crippen molar-refractivity contribution in [3.05, 3.63) is 0 Å². The van der Waals surface area contributed by atoms with Gasteiger partial charge in [-0.3, -0.25) is 9.59 Å². The van der Waals surface area contributed by atoms with E-state index in [-0.39, 0.29) is 18.0 Å². The van der Waals surface area contributed by atoms with E-state index in [1.54, 1.807) is 6.92 Å². The fraction of sp³-hybridized carbons (Fsp3) is 0.889. The van der Waals surface area contributed by atoms with E-state index >= 15 is 0 Å². The highest BCUT2D eigenvalue weighted by atomic mass is 16.7. The van der Waals surface area contributed by atoms with Gasteiger partial charge in [-0.2, -0.15) is 0 Å². The minimum atomic E-state index is -0.511. The van der Waals surface area contributed by atoms with E-state index in [0.717, 1.165) is 45.1 Å². The van der Waals surface area contributed by atoms with Crippen LogP contribution in [0.15, 0.2) is 0 Å². The second-order valence-corrected chi connectivity index (χ2v) is 6.05. The molecule has 0 saturated carbocycles. The van der Waals surface area contributed by atoms with Gasteiger partial charge in [0, 0.05) is 19.4 Å². The van der Waals surface area contributed by atoms with E-state index < -0.39 is 6.29 Å². The Morgan fingerprint density at radius 1 is 0.750 bits per heavy atom. The SMILES string of the molecule is COC(=O)CCCCCCC(=O)OC(C)OCCCCOC(C)C. The van der Waals surface area contributed by atoms with Gasteiger partial charge in [0.1, 0.15) is 0 Å². The Bertz CT molecular complexity index is 329. The summed E-state index contributed by atoms with van der Waals surface area (Å²) in [4.78, 5) is 22.6. The van der Waals surface area contributed by atoms with E-state index in [2.05, 4.69) is 4.74 Å². The molecule has 0 heterocycles. The van der Waals surface area contributed by atoms with Gasteiger partial charge in [-0.1, -0.05) is 12.8 Å². The van der Waals surface area contributed by atoms with Gasteiger partial charge < -0.3 is 18.9 Å². The molecule has 0 radical (unpaired) electrons. The van der Waals surface area contributed by atoms with Crippen molar-refractivity contribution in [2.45, 2.75) is 84.5 Å². The number of hydrogen-bond donors (Lipinski definition) is 0. The van der Waals surface area contributed by atoms with E-state index in [1.807, 2.05) is 13.8 Å². The van der Waals surface area contributed by atoms with Crippen LogP contribution in [0.25, 0.3) is 0 Å². The summed E-state index contributed by atoms with van der Waals surface area (Å²) < 4.78 is 20.7. The normalized spacial score (nSPS) is 12.2. The number of esters is 2. The topological polar surface area (TPSA) is 71.1 Å². The highest BCUT2D eigenvalue weighted by Gasteiger charge is 2.09. The summed E-state index contributed by atoms with van der Waals surface area (Å²) in [6.45, 7) is 7.04. The highest BCUT2D eigenvalue weighted by molar-refractivity contribution is 5.69. The quantitative estimate of drug-likeness (QED) is 0.256. The summed E-state index contributed by atoms with van der Waals surface area (Å²) in [5.74, 6) is -0.422. The molecule has 0 aromatic heterocycles. The fourth-order valence-corrected chi connectivity index (χ4v) is 2.04. The second-order valence-electron chi connectivity index (χ2n) is 6.05. The van der Waals surface area contributed by atoms with E-state index in [1.165, 1.54) is 7.11 Å². The minimum absolute atomic E-state index is 0.184. The van der Waals surface area contributed by atoms with Crippen molar-refractivity contribution in [2.24, 2.45) is 0 Å². The average molecular weight is 346 g/mol. The molecule has 0 aromatic rings. The third-order valence-corrected chi connectivity index (χ3v) is 3.38. The zero-order valence-electron chi connectivity index (χ0n) is 15.7. The number of carbonyl (C=O) groups is 2. The molecule has 0 aromatic carbocycles. The van der Waals surface area contributed by atoms with Crippen LogP contribution in [0, 0.1) is 0 Å². The maximum atomic E-state index is 11.7. The summed E-state index contributed by atoms with van der Waals surface area (Å²) in [5, 5.41) is 0. The van der Waals surface area contributed by atoms with Gasteiger partial charge in [-0.05, 0) is 46.5 Å². The molecule has 0 aliphatic heterocycles. The monoisotopic (exact) mass is 346 g/mol. The van der Waals surface area contributed by atoms with Crippen LogP contribution in [-0.4, -0.2) is 44.7 Å². The van der Waals surface area contributed by atoms with Gasteiger partial charge in [0.15, 0.2) is 6.29 Å². The Hall–Kier alpha value is -1.14. The summed E-state index contributed by atoms with van der Waals surface area (Å²) in [6.07, 6.45) is 5.75. The van der Waals surface area contributed by atoms with Crippen LogP contribution < -0.4 is 0 Å². The predicted molar refractivity (Wildman–Crippen MR) is 91.5 cm³/mol. The first-order valence-electron chi connectivity index (χ1n) is 8.95. The maximum absolute atomic E-state index is 11.7. The van der Waals surface area contributed by atoms with Crippen molar-refractivity contribution >= 4 is 11.9 Å².